The summed E-state index contributed by atoms with van der Waals surface area (Å²) in [5, 5.41) is 27.9. The minimum absolute atomic E-state index is 0.0558. The van der Waals surface area contributed by atoms with Gasteiger partial charge in [-0.2, -0.15) is 5.26 Å². The fourth-order valence-corrected chi connectivity index (χ4v) is 2.49. The van der Waals surface area contributed by atoms with Crippen LogP contribution in [0.5, 0.6) is 0 Å². The fraction of sp³-hybridized carbons (Fsp3) is 0.400. The van der Waals surface area contributed by atoms with Gasteiger partial charge < -0.3 is 0 Å². The zero-order valence-electron chi connectivity index (χ0n) is 12.6. The van der Waals surface area contributed by atoms with Crippen LogP contribution in [0.1, 0.15) is 49.6 Å². The van der Waals surface area contributed by atoms with Crippen molar-refractivity contribution >= 4 is 5.69 Å². The lowest BCUT2D eigenvalue weighted by molar-refractivity contribution is -0.384. The number of nitro groups is 1. The molecule has 0 spiro atoms. The topological polar surface area (TPSA) is 97.6 Å². The SMILES string of the molecule is CCC(CC)c1c(C#N)nnn1Cc1ccc([N+](=O)[O-])cc1. The second-order valence-corrected chi connectivity index (χ2v) is 5.03. The van der Waals surface area contributed by atoms with Crippen molar-refractivity contribution in [3.05, 3.63) is 51.3 Å². The molecule has 2 rings (SSSR count). The Morgan fingerprint density at radius 3 is 2.45 bits per heavy atom. The second kappa shape index (κ2) is 6.80. The molecule has 0 aliphatic rings. The normalized spacial score (nSPS) is 10.6. The van der Waals surface area contributed by atoms with Crippen LogP contribution in [0.25, 0.3) is 0 Å². The van der Waals surface area contributed by atoms with Crippen molar-refractivity contribution in [3.8, 4) is 6.07 Å². The molecule has 0 saturated carbocycles. The maximum atomic E-state index is 10.7. The van der Waals surface area contributed by atoms with E-state index in [1.165, 1.54) is 12.1 Å². The highest BCUT2D eigenvalue weighted by Gasteiger charge is 2.20. The van der Waals surface area contributed by atoms with Crippen molar-refractivity contribution in [1.29, 1.82) is 5.26 Å². The van der Waals surface area contributed by atoms with E-state index in [1.54, 1.807) is 16.8 Å². The van der Waals surface area contributed by atoms with Crippen molar-refractivity contribution in [3.63, 3.8) is 0 Å². The Morgan fingerprint density at radius 2 is 1.95 bits per heavy atom. The molecule has 1 aromatic carbocycles. The van der Waals surface area contributed by atoms with Gasteiger partial charge in [-0.3, -0.25) is 10.1 Å². The predicted octanol–water partition coefficient (Wildman–Crippen LogP) is 3.01. The molecule has 0 atom stereocenters. The molecule has 22 heavy (non-hydrogen) atoms. The highest BCUT2D eigenvalue weighted by atomic mass is 16.6. The number of nitriles is 1. The number of benzene rings is 1. The van der Waals surface area contributed by atoms with E-state index < -0.39 is 4.92 Å². The lowest BCUT2D eigenvalue weighted by Crippen LogP contribution is -2.11. The van der Waals surface area contributed by atoms with Crippen molar-refractivity contribution in [2.45, 2.75) is 39.2 Å². The summed E-state index contributed by atoms with van der Waals surface area (Å²) in [6, 6.07) is 8.42. The minimum atomic E-state index is -0.428. The van der Waals surface area contributed by atoms with E-state index in [2.05, 4.69) is 30.2 Å². The Kier molecular flexibility index (Phi) is 4.84. The smallest absolute Gasteiger partial charge is 0.258 e. The third-order valence-electron chi connectivity index (χ3n) is 3.73. The number of aromatic nitrogens is 3. The molecule has 0 aliphatic heterocycles. The quantitative estimate of drug-likeness (QED) is 0.603. The maximum absolute atomic E-state index is 10.7. The zero-order chi connectivity index (χ0) is 16.1. The van der Waals surface area contributed by atoms with Gasteiger partial charge in [0.1, 0.15) is 6.07 Å². The summed E-state index contributed by atoms with van der Waals surface area (Å²) in [5.41, 5.74) is 2.13. The van der Waals surface area contributed by atoms with Crippen LogP contribution in [0.15, 0.2) is 24.3 Å². The predicted molar refractivity (Wildman–Crippen MR) is 80.3 cm³/mol. The summed E-state index contributed by atoms with van der Waals surface area (Å²) in [6.45, 7) is 4.58. The minimum Gasteiger partial charge on any atom is -0.258 e. The van der Waals surface area contributed by atoms with Gasteiger partial charge in [-0.1, -0.05) is 31.2 Å². The molecular weight excluding hydrogens is 282 g/mol. The third kappa shape index (κ3) is 3.11. The lowest BCUT2D eigenvalue weighted by Gasteiger charge is -2.14. The Bertz CT molecular complexity index is 696. The van der Waals surface area contributed by atoms with E-state index >= 15 is 0 Å². The molecular formula is C15H17N5O2. The van der Waals surface area contributed by atoms with Gasteiger partial charge in [-0.25, -0.2) is 4.68 Å². The summed E-state index contributed by atoms with van der Waals surface area (Å²) in [6.07, 6.45) is 1.80. The molecule has 0 radical (unpaired) electrons. The van der Waals surface area contributed by atoms with E-state index in [9.17, 15) is 15.4 Å². The highest BCUT2D eigenvalue weighted by molar-refractivity contribution is 5.34. The van der Waals surface area contributed by atoms with Crippen LogP contribution in [0.2, 0.25) is 0 Å². The van der Waals surface area contributed by atoms with Gasteiger partial charge >= 0.3 is 0 Å². The number of nitro benzene ring substituents is 1. The largest absolute Gasteiger partial charge is 0.269 e. The summed E-state index contributed by atoms with van der Waals surface area (Å²) in [7, 11) is 0. The molecule has 0 unspecified atom stereocenters. The first-order valence-electron chi connectivity index (χ1n) is 7.17. The van der Waals surface area contributed by atoms with Crippen LogP contribution in [-0.2, 0) is 6.54 Å². The van der Waals surface area contributed by atoms with E-state index in [1.807, 2.05) is 0 Å². The average molecular weight is 299 g/mol. The number of rotatable bonds is 6. The van der Waals surface area contributed by atoms with Gasteiger partial charge in [0.15, 0.2) is 5.69 Å². The third-order valence-corrected chi connectivity index (χ3v) is 3.73. The van der Waals surface area contributed by atoms with Gasteiger partial charge in [-0.15, -0.1) is 5.10 Å². The van der Waals surface area contributed by atoms with Crippen LogP contribution in [0.3, 0.4) is 0 Å². The van der Waals surface area contributed by atoms with E-state index in [0.29, 0.717) is 12.2 Å². The second-order valence-electron chi connectivity index (χ2n) is 5.03. The van der Waals surface area contributed by atoms with E-state index in [4.69, 9.17) is 0 Å². The highest BCUT2D eigenvalue weighted by Crippen LogP contribution is 2.25. The van der Waals surface area contributed by atoms with Gasteiger partial charge in [0, 0.05) is 18.1 Å². The number of hydrogen-bond acceptors (Lipinski definition) is 5. The zero-order valence-corrected chi connectivity index (χ0v) is 12.6. The molecule has 7 nitrogen and oxygen atoms in total. The lowest BCUT2D eigenvalue weighted by atomic mass is 9.97. The maximum Gasteiger partial charge on any atom is 0.269 e. The van der Waals surface area contributed by atoms with Crippen molar-refractivity contribution < 1.29 is 4.92 Å². The van der Waals surface area contributed by atoms with Crippen LogP contribution in [0, 0.1) is 21.4 Å². The Balaban J connectivity index is 2.31. The molecule has 1 heterocycles. The molecule has 0 amide bonds. The summed E-state index contributed by atoms with van der Waals surface area (Å²) < 4.78 is 1.72. The molecule has 2 aromatic rings. The molecule has 0 N–H and O–H groups in total. The van der Waals surface area contributed by atoms with E-state index in [-0.39, 0.29) is 11.6 Å². The molecule has 7 heteroatoms. The van der Waals surface area contributed by atoms with Gasteiger partial charge in [-0.05, 0) is 18.4 Å². The fourth-order valence-electron chi connectivity index (χ4n) is 2.49. The summed E-state index contributed by atoms with van der Waals surface area (Å²) >= 11 is 0. The number of nitrogens with zero attached hydrogens (tertiary/aromatic N) is 5. The monoisotopic (exact) mass is 299 g/mol. The van der Waals surface area contributed by atoms with Crippen LogP contribution in [-0.4, -0.2) is 19.9 Å². The summed E-state index contributed by atoms with van der Waals surface area (Å²) in [5.74, 6) is 0.225. The first kappa shape index (κ1) is 15.6. The van der Waals surface area contributed by atoms with Crippen molar-refractivity contribution in [2.75, 3.05) is 0 Å². The standard InChI is InChI=1S/C15H17N5O2/c1-3-12(4-2)15-14(9-16)17-18-19(15)10-11-5-7-13(8-6-11)20(21)22/h5-8,12H,3-4,10H2,1-2H3. The average Bonchev–Trinajstić information content (AvgIpc) is 2.92. The molecule has 0 aliphatic carbocycles. The Morgan fingerprint density at radius 1 is 1.32 bits per heavy atom. The Labute approximate surface area is 128 Å². The number of hydrogen-bond donors (Lipinski definition) is 0. The van der Waals surface area contributed by atoms with Crippen LogP contribution < -0.4 is 0 Å². The van der Waals surface area contributed by atoms with Gasteiger partial charge in [0.05, 0.1) is 17.2 Å². The number of non-ortho nitro benzene ring substituents is 1. The Hall–Kier alpha value is -2.75. The molecule has 114 valence electrons. The van der Waals surface area contributed by atoms with Gasteiger partial charge in [0.25, 0.3) is 5.69 Å². The van der Waals surface area contributed by atoms with Crippen molar-refractivity contribution in [2.24, 2.45) is 0 Å². The first-order chi connectivity index (χ1) is 10.6. The molecule has 0 saturated heterocycles. The van der Waals surface area contributed by atoms with Crippen molar-refractivity contribution in [1.82, 2.24) is 15.0 Å². The molecule has 0 bridgehead atoms. The van der Waals surface area contributed by atoms with Crippen LogP contribution >= 0.6 is 0 Å². The van der Waals surface area contributed by atoms with Gasteiger partial charge in [0.2, 0.25) is 0 Å². The van der Waals surface area contributed by atoms with E-state index in [0.717, 1.165) is 24.1 Å². The molecule has 0 fully saturated rings. The first-order valence-corrected chi connectivity index (χ1v) is 7.17. The summed E-state index contributed by atoms with van der Waals surface area (Å²) in [4.78, 5) is 10.2. The molecule has 1 aromatic heterocycles. The van der Waals surface area contributed by atoms with Crippen LogP contribution in [0.4, 0.5) is 5.69 Å².